The predicted octanol–water partition coefficient (Wildman–Crippen LogP) is 3.74. The summed E-state index contributed by atoms with van der Waals surface area (Å²) in [5, 5.41) is 1.40. The number of hydrogen-bond donors (Lipinski definition) is 1. The molecule has 3 aromatic heterocycles. The Bertz CT molecular complexity index is 724. The molecule has 0 atom stereocenters. The first-order valence-electron chi connectivity index (χ1n) is 5.28. The van der Waals surface area contributed by atoms with Gasteiger partial charge in [-0.05, 0) is 35.0 Å². The number of aryl methyl sites for hydroxylation is 1. The van der Waals surface area contributed by atoms with Crippen LogP contribution in [0.2, 0.25) is 5.15 Å². The highest BCUT2D eigenvalue weighted by Gasteiger charge is 2.16. The van der Waals surface area contributed by atoms with Crippen molar-refractivity contribution in [2.45, 2.75) is 6.92 Å². The zero-order valence-electron chi connectivity index (χ0n) is 9.41. The van der Waals surface area contributed by atoms with Crippen LogP contribution in [0.3, 0.4) is 0 Å². The molecule has 0 aliphatic rings. The van der Waals surface area contributed by atoms with Crippen molar-refractivity contribution in [3.63, 3.8) is 0 Å². The second-order valence-corrected chi connectivity index (χ2v) is 5.01. The van der Waals surface area contributed by atoms with Gasteiger partial charge in [-0.15, -0.1) is 0 Å². The van der Waals surface area contributed by atoms with E-state index in [-0.39, 0.29) is 0 Å². The van der Waals surface area contributed by atoms with Crippen LogP contribution in [0, 0.1) is 6.92 Å². The van der Waals surface area contributed by atoms with Crippen molar-refractivity contribution >= 4 is 38.6 Å². The van der Waals surface area contributed by atoms with Gasteiger partial charge in [0.25, 0.3) is 0 Å². The minimum Gasteiger partial charge on any atom is -0.329 e. The lowest BCUT2D eigenvalue weighted by Crippen LogP contribution is -1.93. The molecule has 3 aromatic rings. The number of H-pyrrole nitrogens is 1. The maximum absolute atomic E-state index is 6.08. The Hall–Kier alpha value is -1.46. The van der Waals surface area contributed by atoms with Crippen LogP contribution in [0.5, 0.6) is 0 Å². The fourth-order valence-corrected chi connectivity index (χ4v) is 2.51. The Kier molecular flexibility index (Phi) is 2.80. The molecule has 3 heterocycles. The largest absolute Gasteiger partial charge is 0.329 e. The van der Waals surface area contributed by atoms with Crippen molar-refractivity contribution in [2.24, 2.45) is 0 Å². The topological polar surface area (TPSA) is 54.5 Å². The number of nitrogens with zero attached hydrogens (tertiary/aromatic N) is 3. The van der Waals surface area contributed by atoms with E-state index in [1.807, 2.05) is 19.1 Å². The van der Waals surface area contributed by atoms with E-state index in [9.17, 15) is 0 Å². The lowest BCUT2D eigenvalue weighted by molar-refractivity contribution is 1.08. The summed E-state index contributed by atoms with van der Waals surface area (Å²) >= 11 is 9.54. The molecule has 0 aliphatic carbocycles. The van der Waals surface area contributed by atoms with Crippen LogP contribution in [0.4, 0.5) is 0 Å². The Morgan fingerprint density at radius 1 is 1.33 bits per heavy atom. The standard InChI is InChI=1S/C12H8BrClN4/c1-6-16-10(7-3-2-4-15-5-7)8-9(13)11(14)18-12(8)17-6/h2-5H,1H3,(H,16,17,18). The minimum atomic E-state index is 0.523. The van der Waals surface area contributed by atoms with Gasteiger partial charge in [0, 0.05) is 18.0 Å². The number of rotatable bonds is 1. The van der Waals surface area contributed by atoms with Crippen molar-refractivity contribution in [3.05, 3.63) is 40.0 Å². The molecule has 0 aliphatic heterocycles. The molecule has 0 spiro atoms. The molecule has 3 rings (SSSR count). The molecule has 0 aromatic carbocycles. The zero-order valence-corrected chi connectivity index (χ0v) is 11.7. The first kappa shape index (κ1) is 11.6. The van der Waals surface area contributed by atoms with Crippen LogP contribution in [0.25, 0.3) is 22.3 Å². The van der Waals surface area contributed by atoms with E-state index in [0.29, 0.717) is 11.0 Å². The van der Waals surface area contributed by atoms with Crippen molar-refractivity contribution in [3.8, 4) is 11.3 Å². The summed E-state index contributed by atoms with van der Waals surface area (Å²) < 4.78 is 0.776. The smallest absolute Gasteiger partial charge is 0.143 e. The SMILES string of the molecule is Cc1nc(-c2cccnc2)c2c(Br)c(Cl)[nH]c2n1. The average Bonchev–Trinajstić information content (AvgIpc) is 2.65. The third-order valence-electron chi connectivity index (χ3n) is 2.60. The van der Waals surface area contributed by atoms with Crippen LogP contribution in [0.1, 0.15) is 5.82 Å². The lowest BCUT2D eigenvalue weighted by atomic mass is 10.1. The molecule has 0 saturated heterocycles. The fourth-order valence-electron chi connectivity index (χ4n) is 1.85. The summed E-state index contributed by atoms with van der Waals surface area (Å²) in [5.74, 6) is 0.687. The summed E-state index contributed by atoms with van der Waals surface area (Å²) in [6.45, 7) is 1.85. The number of halogens is 2. The van der Waals surface area contributed by atoms with E-state index in [2.05, 4.69) is 35.9 Å². The van der Waals surface area contributed by atoms with Gasteiger partial charge >= 0.3 is 0 Å². The molecular weight excluding hydrogens is 316 g/mol. The molecule has 0 unspecified atom stereocenters. The Morgan fingerprint density at radius 2 is 2.17 bits per heavy atom. The molecule has 0 fully saturated rings. The molecule has 0 bridgehead atoms. The number of nitrogens with one attached hydrogen (secondary N) is 1. The number of fused-ring (bicyclic) bond motifs is 1. The molecule has 90 valence electrons. The van der Waals surface area contributed by atoms with Gasteiger partial charge in [-0.2, -0.15) is 0 Å². The molecule has 1 N–H and O–H groups in total. The maximum atomic E-state index is 6.08. The van der Waals surface area contributed by atoms with E-state index in [1.165, 1.54) is 0 Å². The van der Waals surface area contributed by atoms with Gasteiger partial charge in [0.1, 0.15) is 16.6 Å². The molecule has 18 heavy (non-hydrogen) atoms. The molecule has 6 heteroatoms. The van der Waals surface area contributed by atoms with Crippen LogP contribution in [0.15, 0.2) is 29.0 Å². The highest BCUT2D eigenvalue weighted by molar-refractivity contribution is 9.10. The fraction of sp³-hybridized carbons (Fsp3) is 0.0833. The highest BCUT2D eigenvalue weighted by Crippen LogP contribution is 2.36. The highest BCUT2D eigenvalue weighted by atomic mass is 79.9. The maximum Gasteiger partial charge on any atom is 0.143 e. The van der Waals surface area contributed by atoms with Crippen LogP contribution in [-0.4, -0.2) is 19.9 Å². The third kappa shape index (κ3) is 1.79. The van der Waals surface area contributed by atoms with Gasteiger partial charge in [0.05, 0.1) is 15.6 Å². The van der Waals surface area contributed by atoms with Gasteiger partial charge in [-0.1, -0.05) is 11.6 Å². The van der Waals surface area contributed by atoms with E-state index >= 15 is 0 Å². The quantitative estimate of drug-likeness (QED) is 0.742. The van der Waals surface area contributed by atoms with Crippen LogP contribution in [-0.2, 0) is 0 Å². The summed E-state index contributed by atoms with van der Waals surface area (Å²) in [6, 6.07) is 3.84. The molecular formula is C12H8BrClN4. The van der Waals surface area contributed by atoms with Gasteiger partial charge in [0.2, 0.25) is 0 Å². The van der Waals surface area contributed by atoms with Crippen LogP contribution < -0.4 is 0 Å². The Morgan fingerprint density at radius 3 is 2.89 bits per heavy atom. The van der Waals surface area contributed by atoms with E-state index < -0.39 is 0 Å². The normalized spacial score (nSPS) is 11.1. The van der Waals surface area contributed by atoms with E-state index in [1.54, 1.807) is 12.4 Å². The zero-order chi connectivity index (χ0) is 12.7. The second-order valence-electron chi connectivity index (χ2n) is 3.84. The lowest BCUT2D eigenvalue weighted by Gasteiger charge is -2.03. The van der Waals surface area contributed by atoms with Crippen molar-refractivity contribution in [1.29, 1.82) is 0 Å². The molecule has 0 radical (unpaired) electrons. The van der Waals surface area contributed by atoms with E-state index in [0.717, 1.165) is 26.8 Å². The number of aromatic nitrogens is 4. The third-order valence-corrected chi connectivity index (χ3v) is 3.90. The number of pyridine rings is 1. The first-order valence-corrected chi connectivity index (χ1v) is 6.45. The van der Waals surface area contributed by atoms with Crippen molar-refractivity contribution < 1.29 is 0 Å². The number of hydrogen-bond acceptors (Lipinski definition) is 3. The van der Waals surface area contributed by atoms with Gasteiger partial charge in [-0.3, -0.25) is 4.98 Å². The predicted molar refractivity (Wildman–Crippen MR) is 74.6 cm³/mol. The van der Waals surface area contributed by atoms with Crippen LogP contribution >= 0.6 is 27.5 Å². The van der Waals surface area contributed by atoms with Crippen molar-refractivity contribution in [1.82, 2.24) is 19.9 Å². The Balaban J connectivity index is 2.41. The molecule has 4 nitrogen and oxygen atoms in total. The summed E-state index contributed by atoms with van der Waals surface area (Å²) in [7, 11) is 0. The van der Waals surface area contributed by atoms with Gasteiger partial charge in [-0.25, -0.2) is 9.97 Å². The minimum absolute atomic E-state index is 0.523. The second kappa shape index (κ2) is 4.33. The average molecular weight is 324 g/mol. The van der Waals surface area contributed by atoms with E-state index in [4.69, 9.17) is 11.6 Å². The molecule has 0 amide bonds. The Labute approximate surface area is 117 Å². The summed E-state index contributed by atoms with van der Waals surface area (Å²) in [6.07, 6.45) is 3.50. The van der Waals surface area contributed by atoms with Gasteiger partial charge in [0.15, 0.2) is 0 Å². The van der Waals surface area contributed by atoms with Gasteiger partial charge < -0.3 is 4.98 Å². The summed E-state index contributed by atoms with van der Waals surface area (Å²) in [5.41, 5.74) is 2.48. The van der Waals surface area contributed by atoms with Crippen molar-refractivity contribution in [2.75, 3.05) is 0 Å². The first-order chi connectivity index (χ1) is 8.66. The summed E-state index contributed by atoms with van der Waals surface area (Å²) in [4.78, 5) is 16.0. The number of aromatic amines is 1. The monoisotopic (exact) mass is 322 g/mol. The molecule has 0 saturated carbocycles.